The summed E-state index contributed by atoms with van der Waals surface area (Å²) < 4.78 is 23.9. The molecule has 8 heteroatoms. The summed E-state index contributed by atoms with van der Waals surface area (Å²) in [5, 5.41) is 4.68. The van der Waals surface area contributed by atoms with Crippen molar-refractivity contribution in [2.45, 2.75) is 45.3 Å². The van der Waals surface area contributed by atoms with Gasteiger partial charge in [0.15, 0.2) is 10.6 Å². The quantitative estimate of drug-likeness (QED) is 0.542. The van der Waals surface area contributed by atoms with Crippen LogP contribution in [0.1, 0.15) is 38.6 Å². The molecule has 1 saturated heterocycles. The second kappa shape index (κ2) is 8.13. The molecular formula is C20H25FN4O2S. The van der Waals surface area contributed by atoms with Crippen LogP contribution in [0.15, 0.2) is 24.3 Å². The third-order valence-electron chi connectivity index (χ3n) is 5.36. The van der Waals surface area contributed by atoms with Gasteiger partial charge in [-0.3, -0.25) is 14.3 Å². The number of carbonyl (C=O) groups is 1. The molecule has 6 nitrogen and oxygen atoms in total. The van der Waals surface area contributed by atoms with Gasteiger partial charge in [0.25, 0.3) is 0 Å². The van der Waals surface area contributed by atoms with Gasteiger partial charge < -0.3 is 4.74 Å². The van der Waals surface area contributed by atoms with Crippen LogP contribution in [0.4, 0.5) is 4.39 Å². The van der Waals surface area contributed by atoms with E-state index in [4.69, 9.17) is 17.0 Å². The molecule has 1 saturated carbocycles. The molecule has 0 radical (unpaired) electrons. The number of esters is 1. The topological polar surface area (TPSA) is 52.3 Å². The molecule has 0 unspecified atom stereocenters. The van der Waals surface area contributed by atoms with E-state index in [0.717, 1.165) is 32.2 Å². The molecule has 0 spiro atoms. The fourth-order valence-corrected chi connectivity index (χ4v) is 4.16. The highest BCUT2D eigenvalue weighted by molar-refractivity contribution is 7.71. The molecule has 4 rings (SSSR count). The molecule has 0 N–H and O–H groups in total. The van der Waals surface area contributed by atoms with Crippen LogP contribution in [-0.2, 0) is 16.2 Å². The Morgan fingerprint density at radius 3 is 2.82 bits per heavy atom. The molecule has 2 fully saturated rings. The standard InChI is InChI=1S/C20H25FN4O2S/c1-2-27-19(26)14-6-5-11-23(12-14)13-24-20(28)25(15-9-10-15)18(22-24)16-7-3-4-8-17(16)21/h3-4,7-8,14-15H,2,5-6,9-13H2,1H3/t14-/m1/s1. The van der Waals surface area contributed by atoms with E-state index in [1.807, 2.05) is 17.6 Å². The van der Waals surface area contributed by atoms with E-state index < -0.39 is 0 Å². The van der Waals surface area contributed by atoms with Crippen molar-refractivity contribution < 1.29 is 13.9 Å². The molecule has 1 aromatic carbocycles. The van der Waals surface area contributed by atoms with Gasteiger partial charge in [-0.1, -0.05) is 12.1 Å². The van der Waals surface area contributed by atoms with Crippen molar-refractivity contribution in [2.75, 3.05) is 19.7 Å². The number of carbonyl (C=O) groups excluding carboxylic acids is 1. The summed E-state index contributed by atoms with van der Waals surface area (Å²) in [5.41, 5.74) is 0.474. The zero-order valence-electron chi connectivity index (χ0n) is 16.0. The molecule has 28 heavy (non-hydrogen) atoms. The van der Waals surface area contributed by atoms with Crippen LogP contribution in [0.25, 0.3) is 11.4 Å². The molecule has 1 atom stereocenters. The van der Waals surface area contributed by atoms with Crippen LogP contribution in [0, 0.1) is 16.5 Å². The fraction of sp³-hybridized carbons (Fsp3) is 0.550. The number of nitrogens with zero attached hydrogens (tertiary/aromatic N) is 4. The predicted molar refractivity (Wildman–Crippen MR) is 106 cm³/mol. The van der Waals surface area contributed by atoms with Crippen LogP contribution < -0.4 is 0 Å². The Morgan fingerprint density at radius 2 is 2.11 bits per heavy atom. The highest BCUT2D eigenvalue weighted by Crippen LogP contribution is 2.39. The Labute approximate surface area is 168 Å². The van der Waals surface area contributed by atoms with Gasteiger partial charge in [0.2, 0.25) is 0 Å². The summed E-state index contributed by atoms with van der Waals surface area (Å²) in [4.78, 5) is 14.3. The summed E-state index contributed by atoms with van der Waals surface area (Å²) in [6, 6.07) is 6.97. The number of likely N-dealkylation sites (tertiary alicyclic amines) is 1. The van der Waals surface area contributed by atoms with Gasteiger partial charge >= 0.3 is 5.97 Å². The van der Waals surface area contributed by atoms with Crippen LogP contribution in [0.3, 0.4) is 0 Å². The van der Waals surface area contributed by atoms with Crippen molar-refractivity contribution in [3.05, 3.63) is 34.9 Å². The van der Waals surface area contributed by atoms with Gasteiger partial charge in [0, 0.05) is 12.6 Å². The van der Waals surface area contributed by atoms with Gasteiger partial charge in [-0.15, -0.1) is 0 Å². The molecule has 150 valence electrons. The maximum absolute atomic E-state index is 14.4. The smallest absolute Gasteiger partial charge is 0.310 e. The number of piperidine rings is 1. The van der Waals surface area contributed by atoms with Gasteiger partial charge in [-0.05, 0) is 63.5 Å². The predicted octanol–water partition coefficient (Wildman–Crippen LogP) is 3.79. The SMILES string of the molecule is CCOC(=O)[C@@H]1CCCN(Cn2nc(-c3ccccc3F)n(C3CC3)c2=S)C1. The third-order valence-corrected chi connectivity index (χ3v) is 5.76. The fourth-order valence-electron chi connectivity index (χ4n) is 3.83. The number of rotatable bonds is 6. The first-order chi connectivity index (χ1) is 13.6. The van der Waals surface area contributed by atoms with E-state index in [9.17, 15) is 9.18 Å². The zero-order chi connectivity index (χ0) is 19.7. The van der Waals surface area contributed by atoms with Crippen molar-refractivity contribution in [3.63, 3.8) is 0 Å². The maximum Gasteiger partial charge on any atom is 0.310 e. The molecule has 1 aromatic heterocycles. The molecule has 2 aromatic rings. The van der Waals surface area contributed by atoms with Gasteiger partial charge in [0.1, 0.15) is 5.82 Å². The average molecular weight is 405 g/mol. The van der Waals surface area contributed by atoms with Crippen molar-refractivity contribution >= 4 is 18.2 Å². The minimum atomic E-state index is -0.295. The molecule has 0 amide bonds. The van der Waals surface area contributed by atoms with Gasteiger partial charge in [-0.25, -0.2) is 9.07 Å². The molecule has 1 aliphatic heterocycles. The van der Waals surface area contributed by atoms with E-state index in [1.165, 1.54) is 6.07 Å². The lowest BCUT2D eigenvalue weighted by Crippen LogP contribution is -2.40. The number of benzene rings is 1. The Kier molecular flexibility index (Phi) is 5.59. The van der Waals surface area contributed by atoms with E-state index in [0.29, 0.717) is 42.0 Å². The second-order valence-corrected chi connectivity index (χ2v) is 7.86. The lowest BCUT2D eigenvalue weighted by molar-refractivity contribution is -0.150. The first-order valence-electron chi connectivity index (χ1n) is 9.91. The number of hydrogen-bond acceptors (Lipinski definition) is 5. The molecule has 1 aliphatic carbocycles. The highest BCUT2D eigenvalue weighted by atomic mass is 32.1. The Morgan fingerprint density at radius 1 is 1.32 bits per heavy atom. The van der Waals surface area contributed by atoms with Gasteiger partial charge in [0.05, 0.1) is 24.8 Å². The minimum Gasteiger partial charge on any atom is -0.466 e. The molecule has 2 aliphatic rings. The minimum absolute atomic E-state index is 0.112. The van der Waals surface area contributed by atoms with Crippen LogP contribution in [0.5, 0.6) is 0 Å². The molecule has 0 bridgehead atoms. The van der Waals surface area contributed by atoms with Crippen LogP contribution in [-0.4, -0.2) is 44.9 Å². The first-order valence-corrected chi connectivity index (χ1v) is 10.3. The van der Waals surface area contributed by atoms with Crippen LogP contribution >= 0.6 is 12.2 Å². The van der Waals surface area contributed by atoms with E-state index in [2.05, 4.69) is 10.00 Å². The Bertz CT molecular complexity index is 921. The summed E-state index contributed by atoms with van der Waals surface area (Å²) in [7, 11) is 0. The summed E-state index contributed by atoms with van der Waals surface area (Å²) in [6.07, 6.45) is 3.85. The Hall–Kier alpha value is -2.06. The number of ether oxygens (including phenoxy) is 1. The van der Waals surface area contributed by atoms with Crippen molar-refractivity contribution in [1.29, 1.82) is 0 Å². The maximum atomic E-state index is 14.4. The van der Waals surface area contributed by atoms with E-state index in [1.54, 1.807) is 16.8 Å². The average Bonchev–Trinajstić information content (AvgIpc) is 3.48. The van der Waals surface area contributed by atoms with Crippen molar-refractivity contribution in [2.24, 2.45) is 5.92 Å². The Balaban J connectivity index is 1.59. The number of aromatic nitrogens is 3. The summed E-state index contributed by atoms with van der Waals surface area (Å²) >= 11 is 5.69. The van der Waals surface area contributed by atoms with Crippen molar-refractivity contribution in [3.8, 4) is 11.4 Å². The van der Waals surface area contributed by atoms with Crippen LogP contribution in [0.2, 0.25) is 0 Å². The number of halogens is 1. The van der Waals surface area contributed by atoms with Crippen molar-refractivity contribution in [1.82, 2.24) is 19.2 Å². The largest absolute Gasteiger partial charge is 0.466 e. The summed E-state index contributed by atoms with van der Waals surface area (Å²) in [6.45, 7) is 4.23. The van der Waals surface area contributed by atoms with E-state index >= 15 is 0 Å². The van der Waals surface area contributed by atoms with E-state index in [-0.39, 0.29) is 17.7 Å². The lowest BCUT2D eigenvalue weighted by Gasteiger charge is -2.31. The highest BCUT2D eigenvalue weighted by Gasteiger charge is 2.31. The lowest BCUT2D eigenvalue weighted by atomic mass is 9.99. The monoisotopic (exact) mass is 404 g/mol. The summed E-state index contributed by atoms with van der Waals surface area (Å²) in [5.74, 6) is 0.0484. The second-order valence-electron chi connectivity index (χ2n) is 7.50. The molecular weight excluding hydrogens is 379 g/mol. The third kappa shape index (κ3) is 3.89. The number of hydrogen-bond donors (Lipinski definition) is 0. The van der Waals surface area contributed by atoms with Gasteiger partial charge in [-0.2, -0.15) is 5.10 Å². The zero-order valence-corrected chi connectivity index (χ0v) is 16.8. The molecule has 2 heterocycles. The normalized spacial score (nSPS) is 20.3. The first kappa shape index (κ1) is 19.3.